The first kappa shape index (κ1) is 13.2. The van der Waals surface area contributed by atoms with Crippen LogP contribution in [0.5, 0.6) is 0 Å². The Labute approximate surface area is 96.8 Å². The van der Waals surface area contributed by atoms with Gasteiger partial charge in [-0.15, -0.1) is 0 Å². The Morgan fingerprint density at radius 3 is 3.12 bits per heavy atom. The van der Waals surface area contributed by atoms with Crippen LogP contribution in [0.15, 0.2) is 12.4 Å². The molecule has 0 saturated heterocycles. The van der Waals surface area contributed by atoms with Gasteiger partial charge in [0.05, 0.1) is 6.61 Å². The van der Waals surface area contributed by atoms with Crippen molar-refractivity contribution in [3.8, 4) is 0 Å². The molecule has 5 nitrogen and oxygen atoms in total. The average Bonchev–Trinajstić information content (AvgIpc) is 2.79. The Morgan fingerprint density at radius 1 is 1.62 bits per heavy atom. The second kappa shape index (κ2) is 8.27. The van der Waals surface area contributed by atoms with E-state index in [2.05, 4.69) is 15.3 Å². The van der Waals surface area contributed by atoms with E-state index in [1.165, 1.54) is 0 Å². The summed E-state index contributed by atoms with van der Waals surface area (Å²) in [7, 11) is 1.73. The number of hydrogen-bond acceptors (Lipinski definition) is 4. The Kier molecular flexibility index (Phi) is 6.80. The fraction of sp³-hybridized carbons (Fsp3) is 0.727. The van der Waals surface area contributed by atoms with Crippen molar-refractivity contribution >= 4 is 0 Å². The quantitative estimate of drug-likeness (QED) is 0.566. The Hall–Kier alpha value is -0.910. The summed E-state index contributed by atoms with van der Waals surface area (Å²) < 4.78 is 5.16. The van der Waals surface area contributed by atoms with E-state index in [1.54, 1.807) is 13.3 Å². The van der Waals surface area contributed by atoms with Crippen molar-refractivity contribution in [1.82, 2.24) is 15.3 Å². The number of H-pyrrole nitrogens is 1. The second-order valence-electron chi connectivity index (χ2n) is 3.82. The van der Waals surface area contributed by atoms with E-state index >= 15 is 0 Å². The summed E-state index contributed by atoms with van der Waals surface area (Å²) in [6.45, 7) is 2.38. The van der Waals surface area contributed by atoms with Crippen LogP contribution in [0, 0.1) is 0 Å². The SMILES string of the molecule is COCC(CCCN)NCCc1ncc[nH]1. The highest BCUT2D eigenvalue weighted by Crippen LogP contribution is 1.97. The molecular formula is C11H22N4O. The van der Waals surface area contributed by atoms with Crippen LogP contribution < -0.4 is 11.1 Å². The maximum Gasteiger partial charge on any atom is 0.107 e. The van der Waals surface area contributed by atoms with E-state index in [-0.39, 0.29) is 0 Å². The lowest BCUT2D eigenvalue weighted by Crippen LogP contribution is -2.35. The van der Waals surface area contributed by atoms with Crippen molar-refractivity contribution in [3.05, 3.63) is 18.2 Å². The van der Waals surface area contributed by atoms with Gasteiger partial charge < -0.3 is 20.8 Å². The number of aromatic nitrogens is 2. The van der Waals surface area contributed by atoms with Crippen molar-refractivity contribution < 1.29 is 4.74 Å². The molecule has 0 amide bonds. The summed E-state index contributed by atoms with van der Waals surface area (Å²) in [4.78, 5) is 7.26. The average molecular weight is 226 g/mol. The molecule has 1 rings (SSSR count). The Balaban J connectivity index is 2.15. The third-order valence-electron chi connectivity index (χ3n) is 2.47. The summed E-state index contributed by atoms with van der Waals surface area (Å²) in [6.07, 6.45) is 6.62. The van der Waals surface area contributed by atoms with Crippen LogP contribution in [0.1, 0.15) is 18.7 Å². The molecular weight excluding hydrogens is 204 g/mol. The van der Waals surface area contributed by atoms with Crippen LogP contribution in [0.25, 0.3) is 0 Å². The van der Waals surface area contributed by atoms with Crippen LogP contribution in [0.2, 0.25) is 0 Å². The van der Waals surface area contributed by atoms with Crippen molar-refractivity contribution in [2.75, 3.05) is 26.8 Å². The Morgan fingerprint density at radius 2 is 2.50 bits per heavy atom. The van der Waals surface area contributed by atoms with Gasteiger partial charge in [0.1, 0.15) is 5.82 Å². The number of rotatable bonds is 9. The number of nitrogens with one attached hydrogen (secondary N) is 2. The van der Waals surface area contributed by atoms with E-state index < -0.39 is 0 Å². The van der Waals surface area contributed by atoms with Crippen LogP contribution in [0.3, 0.4) is 0 Å². The monoisotopic (exact) mass is 226 g/mol. The molecule has 1 unspecified atom stereocenters. The van der Waals surface area contributed by atoms with E-state index in [0.29, 0.717) is 6.04 Å². The molecule has 5 heteroatoms. The van der Waals surface area contributed by atoms with Gasteiger partial charge in [0, 0.05) is 38.5 Å². The van der Waals surface area contributed by atoms with Crippen LogP contribution in [0.4, 0.5) is 0 Å². The highest BCUT2D eigenvalue weighted by molar-refractivity contribution is 4.87. The minimum Gasteiger partial charge on any atom is -0.383 e. The predicted molar refractivity (Wildman–Crippen MR) is 64.2 cm³/mol. The van der Waals surface area contributed by atoms with Gasteiger partial charge in [-0.3, -0.25) is 0 Å². The molecule has 1 atom stereocenters. The second-order valence-corrected chi connectivity index (χ2v) is 3.82. The number of methoxy groups -OCH3 is 1. The molecule has 4 N–H and O–H groups in total. The minimum atomic E-state index is 0.392. The number of nitrogens with two attached hydrogens (primary N) is 1. The first-order chi connectivity index (χ1) is 7.86. The van der Waals surface area contributed by atoms with Crippen LogP contribution in [-0.2, 0) is 11.2 Å². The zero-order valence-corrected chi connectivity index (χ0v) is 9.91. The molecule has 16 heavy (non-hydrogen) atoms. The van der Waals surface area contributed by atoms with Gasteiger partial charge in [0.2, 0.25) is 0 Å². The number of ether oxygens (including phenoxy) is 1. The lowest BCUT2D eigenvalue weighted by atomic mass is 10.1. The molecule has 0 fully saturated rings. The first-order valence-electron chi connectivity index (χ1n) is 5.77. The molecule has 0 spiro atoms. The summed E-state index contributed by atoms with van der Waals surface area (Å²) in [5.74, 6) is 1.02. The molecule has 1 aromatic heterocycles. The van der Waals surface area contributed by atoms with E-state index in [0.717, 1.165) is 44.8 Å². The molecule has 0 aliphatic carbocycles. The van der Waals surface area contributed by atoms with Gasteiger partial charge in [-0.25, -0.2) is 4.98 Å². The molecule has 0 saturated carbocycles. The first-order valence-corrected chi connectivity index (χ1v) is 5.77. The summed E-state index contributed by atoms with van der Waals surface area (Å²) in [6, 6.07) is 0.392. The molecule has 1 heterocycles. The molecule has 0 aromatic carbocycles. The molecule has 1 aromatic rings. The lowest BCUT2D eigenvalue weighted by Gasteiger charge is -2.17. The van der Waals surface area contributed by atoms with Crippen molar-refractivity contribution in [3.63, 3.8) is 0 Å². The number of aromatic amines is 1. The van der Waals surface area contributed by atoms with E-state index in [1.807, 2.05) is 6.20 Å². The van der Waals surface area contributed by atoms with Crippen LogP contribution in [-0.4, -0.2) is 42.8 Å². The summed E-state index contributed by atoms with van der Waals surface area (Å²) in [5, 5.41) is 3.45. The molecule has 0 aliphatic heterocycles. The third-order valence-corrected chi connectivity index (χ3v) is 2.47. The van der Waals surface area contributed by atoms with Gasteiger partial charge in [0.15, 0.2) is 0 Å². The fourth-order valence-corrected chi connectivity index (χ4v) is 1.64. The maximum absolute atomic E-state index is 5.50. The van der Waals surface area contributed by atoms with Crippen molar-refractivity contribution in [1.29, 1.82) is 0 Å². The van der Waals surface area contributed by atoms with E-state index in [9.17, 15) is 0 Å². The van der Waals surface area contributed by atoms with Gasteiger partial charge >= 0.3 is 0 Å². The largest absolute Gasteiger partial charge is 0.383 e. The van der Waals surface area contributed by atoms with Crippen LogP contribution >= 0.6 is 0 Å². The number of imidazole rings is 1. The van der Waals surface area contributed by atoms with Gasteiger partial charge in [-0.2, -0.15) is 0 Å². The Bertz CT molecular complexity index is 250. The zero-order valence-electron chi connectivity index (χ0n) is 9.91. The predicted octanol–water partition coefficient (Wildman–Crippen LogP) is 0.296. The van der Waals surface area contributed by atoms with Gasteiger partial charge in [-0.1, -0.05) is 0 Å². The molecule has 92 valence electrons. The number of nitrogens with zero attached hydrogens (tertiary/aromatic N) is 1. The summed E-state index contributed by atoms with van der Waals surface area (Å²) >= 11 is 0. The highest BCUT2D eigenvalue weighted by Gasteiger charge is 2.06. The fourth-order valence-electron chi connectivity index (χ4n) is 1.64. The smallest absolute Gasteiger partial charge is 0.107 e. The van der Waals surface area contributed by atoms with E-state index in [4.69, 9.17) is 10.5 Å². The zero-order chi connectivity index (χ0) is 11.6. The molecule has 0 bridgehead atoms. The van der Waals surface area contributed by atoms with Gasteiger partial charge in [-0.05, 0) is 19.4 Å². The standard InChI is InChI=1S/C11H22N4O/c1-16-9-10(3-2-5-12)13-6-4-11-14-7-8-15-11/h7-8,10,13H,2-6,9,12H2,1H3,(H,14,15). The maximum atomic E-state index is 5.50. The third kappa shape index (κ3) is 5.25. The topological polar surface area (TPSA) is 76.0 Å². The van der Waals surface area contributed by atoms with Crippen molar-refractivity contribution in [2.45, 2.75) is 25.3 Å². The summed E-state index contributed by atoms with van der Waals surface area (Å²) in [5.41, 5.74) is 5.50. The lowest BCUT2D eigenvalue weighted by molar-refractivity contribution is 0.162. The minimum absolute atomic E-state index is 0.392. The van der Waals surface area contributed by atoms with Crippen molar-refractivity contribution in [2.24, 2.45) is 5.73 Å². The molecule has 0 radical (unpaired) electrons. The van der Waals surface area contributed by atoms with Gasteiger partial charge in [0.25, 0.3) is 0 Å². The normalized spacial score (nSPS) is 12.9. The number of hydrogen-bond donors (Lipinski definition) is 3. The highest BCUT2D eigenvalue weighted by atomic mass is 16.5. The molecule has 0 aliphatic rings.